The molecule has 0 aromatic carbocycles. The molecule has 1 rings (SSSR count). The van der Waals surface area contributed by atoms with Crippen molar-refractivity contribution in [3.63, 3.8) is 0 Å². The van der Waals surface area contributed by atoms with Gasteiger partial charge in [-0.1, -0.05) is 20.4 Å². The van der Waals surface area contributed by atoms with E-state index in [-0.39, 0.29) is 10.7 Å². The molecule has 0 atom stereocenters. The van der Waals surface area contributed by atoms with Gasteiger partial charge in [0.25, 0.3) is 0 Å². The minimum absolute atomic E-state index is 0.0802. The summed E-state index contributed by atoms with van der Waals surface area (Å²) in [5, 5.41) is 0. The van der Waals surface area contributed by atoms with Crippen LogP contribution in [0.5, 0.6) is 0 Å². The third kappa shape index (κ3) is 2.32. The third-order valence-electron chi connectivity index (χ3n) is 3.02. The molecule has 2 nitrogen and oxygen atoms in total. The zero-order valence-electron chi connectivity index (χ0n) is 9.08. The first-order valence-corrected chi connectivity index (χ1v) is 6.21. The van der Waals surface area contributed by atoms with Crippen molar-refractivity contribution < 1.29 is 4.79 Å². The van der Waals surface area contributed by atoms with E-state index in [1.54, 1.807) is 0 Å². The first-order chi connectivity index (χ1) is 6.67. The molecule has 0 bridgehead atoms. The van der Waals surface area contributed by atoms with Crippen LogP contribution < -0.4 is 0 Å². The van der Waals surface area contributed by atoms with Crippen LogP contribution >= 0.6 is 11.8 Å². The van der Waals surface area contributed by atoms with Gasteiger partial charge in [-0.2, -0.15) is 11.8 Å². The van der Waals surface area contributed by atoms with Crippen LogP contribution in [0.25, 0.3) is 0 Å². The van der Waals surface area contributed by atoms with Crippen LogP contribution in [0.4, 0.5) is 0 Å². The van der Waals surface area contributed by atoms with E-state index in [2.05, 4.69) is 20.4 Å². The highest BCUT2D eigenvalue weighted by Crippen LogP contribution is 2.36. The largest absolute Gasteiger partial charge is 0.337 e. The Balaban J connectivity index is 2.67. The van der Waals surface area contributed by atoms with Gasteiger partial charge in [-0.25, -0.2) is 0 Å². The lowest BCUT2D eigenvalue weighted by molar-refractivity contribution is -0.126. The highest BCUT2D eigenvalue weighted by Gasteiger charge is 2.34. The summed E-state index contributed by atoms with van der Waals surface area (Å²) in [7, 11) is 0. The molecule has 1 fully saturated rings. The summed E-state index contributed by atoms with van der Waals surface area (Å²) in [5.41, 5.74) is 0. The molecule has 0 saturated carbocycles. The normalized spacial score (nSPS) is 20.6. The smallest absolute Gasteiger partial charge is 0.246 e. The zero-order valence-corrected chi connectivity index (χ0v) is 9.90. The Morgan fingerprint density at radius 2 is 2.21 bits per heavy atom. The second-order valence-corrected chi connectivity index (χ2v) is 5.27. The van der Waals surface area contributed by atoms with Gasteiger partial charge < -0.3 is 4.90 Å². The van der Waals surface area contributed by atoms with Gasteiger partial charge in [0.15, 0.2) is 0 Å². The molecule has 1 aliphatic heterocycles. The van der Waals surface area contributed by atoms with E-state index in [1.165, 1.54) is 6.08 Å². The van der Waals surface area contributed by atoms with Crippen molar-refractivity contribution in [1.82, 2.24) is 4.90 Å². The van der Waals surface area contributed by atoms with Crippen LogP contribution in [0, 0.1) is 0 Å². The lowest BCUT2D eigenvalue weighted by Crippen LogP contribution is -2.48. The Hall–Kier alpha value is -0.440. The van der Waals surface area contributed by atoms with Gasteiger partial charge in [0, 0.05) is 23.6 Å². The predicted molar refractivity (Wildman–Crippen MR) is 62.5 cm³/mol. The topological polar surface area (TPSA) is 20.3 Å². The molecule has 0 N–H and O–H groups in total. The summed E-state index contributed by atoms with van der Waals surface area (Å²) < 4.78 is 0.289. The number of hydrogen-bond donors (Lipinski definition) is 0. The van der Waals surface area contributed by atoms with E-state index < -0.39 is 0 Å². The van der Waals surface area contributed by atoms with Gasteiger partial charge in [0.05, 0.1) is 0 Å². The lowest BCUT2D eigenvalue weighted by Gasteiger charge is -2.41. The summed E-state index contributed by atoms with van der Waals surface area (Å²) in [6.45, 7) is 9.71. The maximum absolute atomic E-state index is 11.5. The molecule has 80 valence electrons. The van der Waals surface area contributed by atoms with E-state index in [1.807, 2.05) is 16.7 Å². The molecule has 1 heterocycles. The highest BCUT2D eigenvalue weighted by atomic mass is 32.2. The van der Waals surface area contributed by atoms with Crippen molar-refractivity contribution in [2.45, 2.75) is 31.4 Å². The van der Waals surface area contributed by atoms with Crippen molar-refractivity contribution >= 4 is 17.7 Å². The number of carbonyl (C=O) groups excluding carboxylic acids is 1. The second kappa shape index (κ2) is 4.87. The van der Waals surface area contributed by atoms with E-state index in [0.29, 0.717) is 0 Å². The number of hydrogen-bond acceptors (Lipinski definition) is 2. The van der Waals surface area contributed by atoms with Gasteiger partial charge in [-0.3, -0.25) is 4.79 Å². The summed E-state index contributed by atoms with van der Waals surface area (Å²) >= 11 is 2.01. The van der Waals surface area contributed by atoms with E-state index >= 15 is 0 Å². The molecule has 3 heteroatoms. The van der Waals surface area contributed by atoms with Crippen LogP contribution in [0.3, 0.4) is 0 Å². The Morgan fingerprint density at radius 1 is 1.57 bits per heavy atom. The maximum atomic E-state index is 11.5. The molecule has 14 heavy (non-hydrogen) atoms. The van der Waals surface area contributed by atoms with Gasteiger partial charge >= 0.3 is 0 Å². The molecule has 0 unspecified atom stereocenters. The third-order valence-corrected chi connectivity index (χ3v) is 4.73. The highest BCUT2D eigenvalue weighted by molar-refractivity contribution is 8.00. The fourth-order valence-electron chi connectivity index (χ4n) is 1.84. The average molecular weight is 213 g/mol. The molecule has 1 amide bonds. The molecule has 0 aliphatic carbocycles. The van der Waals surface area contributed by atoms with Crippen molar-refractivity contribution in [3.8, 4) is 0 Å². The first kappa shape index (κ1) is 11.6. The molecule has 0 radical (unpaired) electrons. The Labute approximate surface area is 90.7 Å². The summed E-state index contributed by atoms with van der Waals surface area (Å²) in [6.07, 6.45) is 3.69. The quantitative estimate of drug-likeness (QED) is 0.671. The standard InChI is InChI=1S/C11H19NOS/c1-4-10(13)12-7-8-14-11(5-2,6-3)9-12/h4H,1,5-9H2,2-3H3. The second-order valence-electron chi connectivity index (χ2n) is 3.70. The minimum Gasteiger partial charge on any atom is -0.337 e. The monoisotopic (exact) mass is 213 g/mol. The van der Waals surface area contributed by atoms with Crippen molar-refractivity contribution in [2.75, 3.05) is 18.8 Å². The molecular formula is C11H19NOS. The number of nitrogens with zero attached hydrogens (tertiary/aromatic N) is 1. The predicted octanol–water partition coefficient (Wildman–Crippen LogP) is 2.31. The number of thioether (sulfide) groups is 1. The number of carbonyl (C=O) groups is 1. The van der Waals surface area contributed by atoms with E-state index in [9.17, 15) is 4.79 Å². The summed E-state index contributed by atoms with van der Waals surface area (Å²) in [4.78, 5) is 13.4. The fraction of sp³-hybridized carbons (Fsp3) is 0.727. The van der Waals surface area contributed by atoms with Crippen LogP contribution in [0.1, 0.15) is 26.7 Å². The first-order valence-electron chi connectivity index (χ1n) is 5.22. The zero-order chi connectivity index (χ0) is 10.6. The van der Waals surface area contributed by atoms with E-state index in [0.717, 1.165) is 31.7 Å². The van der Waals surface area contributed by atoms with Gasteiger partial charge in [-0.05, 0) is 18.9 Å². The lowest BCUT2D eigenvalue weighted by atomic mass is 10.0. The Kier molecular flexibility index (Phi) is 4.05. The van der Waals surface area contributed by atoms with Crippen LogP contribution in [0.15, 0.2) is 12.7 Å². The number of amides is 1. The summed E-state index contributed by atoms with van der Waals surface area (Å²) in [6, 6.07) is 0. The van der Waals surface area contributed by atoms with Gasteiger partial charge in [0.2, 0.25) is 5.91 Å². The van der Waals surface area contributed by atoms with Crippen LogP contribution in [-0.4, -0.2) is 34.4 Å². The molecule has 0 aromatic heterocycles. The van der Waals surface area contributed by atoms with Crippen molar-refractivity contribution in [1.29, 1.82) is 0 Å². The van der Waals surface area contributed by atoms with E-state index in [4.69, 9.17) is 0 Å². The molecular weight excluding hydrogens is 194 g/mol. The van der Waals surface area contributed by atoms with Crippen LogP contribution in [-0.2, 0) is 4.79 Å². The van der Waals surface area contributed by atoms with Crippen molar-refractivity contribution in [2.24, 2.45) is 0 Å². The summed E-state index contributed by atoms with van der Waals surface area (Å²) in [5.74, 6) is 1.14. The number of rotatable bonds is 3. The Bertz CT molecular complexity index is 223. The van der Waals surface area contributed by atoms with Crippen molar-refractivity contribution in [3.05, 3.63) is 12.7 Å². The van der Waals surface area contributed by atoms with Gasteiger partial charge in [-0.15, -0.1) is 0 Å². The Morgan fingerprint density at radius 3 is 2.71 bits per heavy atom. The van der Waals surface area contributed by atoms with Gasteiger partial charge in [0.1, 0.15) is 0 Å². The SMILES string of the molecule is C=CC(=O)N1CCSC(CC)(CC)C1. The molecule has 1 saturated heterocycles. The molecule has 1 aliphatic rings. The molecule has 0 spiro atoms. The minimum atomic E-state index is 0.0802. The average Bonchev–Trinajstić information content (AvgIpc) is 2.28. The maximum Gasteiger partial charge on any atom is 0.246 e. The molecule has 0 aromatic rings. The fourth-order valence-corrected chi connectivity index (χ4v) is 3.24. The van der Waals surface area contributed by atoms with Crippen LogP contribution in [0.2, 0.25) is 0 Å².